The molecule has 8 heteroatoms. The number of hydrogen-bond acceptors (Lipinski definition) is 5. The lowest BCUT2D eigenvalue weighted by molar-refractivity contribution is 0.00246. The molecule has 0 aromatic heterocycles. The number of para-hydroxylation sites is 1. The molecule has 2 heterocycles. The molecule has 3 rings (SSSR count). The van der Waals surface area contributed by atoms with E-state index >= 15 is 0 Å². The summed E-state index contributed by atoms with van der Waals surface area (Å²) in [5.74, 6) is 2.33. The predicted octanol–water partition coefficient (Wildman–Crippen LogP) is 1.98. The molecule has 2 unspecified atom stereocenters. The van der Waals surface area contributed by atoms with Crippen LogP contribution in [0.1, 0.15) is 12.8 Å². The maximum Gasteiger partial charge on any atom is 0.191 e. The standard InChI is InChI=1S/C21H34N4O3.HI/c1-22-21(23-9-5-12-28-19-6-3-2-4-7-19)24-16-20(18-8-13-27-17-18)25-10-14-26-15-11-25;/h2-4,6-7,18,20H,5,8-17H2,1H3,(H2,22,23,24);1H. The average Bonchev–Trinajstić information content (AvgIpc) is 3.28. The van der Waals surface area contributed by atoms with Crippen molar-refractivity contribution in [2.75, 3.05) is 66.3 Å². The number of hydrogen-bond donors (Lipinski definition) is 2. The molecule has 0 amide bonds. The van der Waals surface area contributed by atoms with Crippen molar-refractivity contribution in [3.8, 4) is 5.75 Å². The molecular formula is C21H35IN4O3. The lowest BCUT2D eigenvalue weighted by atomic mass is 9.97. The highest BCUT2D eigenvalue weighted by Gasteiger charge is 2.31. The van der Waals surface area contributed by atoms with Crippen LogP contribution in [0.3, 0.4) is 0 Å². The van der Waals surface area contributed by atoms with Crippen LogP contribution in [0.4, 0.5) is 0 Å². The Morgan fingerprint density at radius 2 is 1.97 bits per heavy atom. The molecule has 2 N–H and O–H groups in total. The van der Waals surface area contributed by atoms with Gasteiger partial charge in [0.15, 0.2) is 5.96 Å². The number of morpholine rings is 1. The van der Waals surface area contributed by atoms with Crippen LogP contribution >= 0.6 is 24.0 Å². The van der Waals surface area contributed by atoms with Crippen molar-refractivity contribution in [2.45, 2.75) is 18.9 Å². The van der Waals surface area contributed by atoms with E-state index in [1.807, 2.05) is 37.4 Å². The molecule has 2 atom stereocenters. The van der Waals surface area contributed by atoms with Gasteiger partial charge in [0.25, 0.3) is 0 Å². The molecule has 2 fully saturated rings. The van der Waals surface area contributed by atoms with Crippen LogP contribution in [0.25, 0.3) is 0 Å². The zero-order chi connectivity index (χ0) is 19.4. The average molecular weight is 518 g/mol. The Balaban J connectivity index is 0.00000300. The van der Waals surface area contributed by atoms with E-state index in [-0.39, 0.29) is 24.0 Å². The summed E-state index contributed by atoms with van der Waals surface area (Å²) < 4.78 is 16.9. The number of benzene rings is 1. The Labute approximate surface area is 191 Å². The first-order valence-electron chi connectivity index (χ1n) is 10.4. The number of aliphatic imine (C=N–C) groups is 1. The second-order valence-corrected chi connectivity index (χ2v) is 7.23. The van der Waals surface area contributed by atoms with E-state index in [9.17, 15) is 0 Å². The van der Waals surface area contributed by atoms with Gasteiger partial charge in [-0.3, -0.25) is 9.89 Å². The van der Waals surface area contributed by atoms with E-state index in [1.165, 1.54) is 0 Å². The Hall–Kier alpha value is -1.10. The first-order chi connectivity index (χ1) is 13.9. The van der Waals surface area contributed by atoms with Crippen LogP contribution < -0.4 is 15.4 Å². The van der Waals surface area contributed by atoms with Crippen LogP contribution in [-0.2, 0) is 9.47 Å². The van der Waals surface area contributed by atoms with E-state index in [0.29, 0.717) is 18.6 Å². The Bertz CT molecular complexity index is 579. The fraction of sp³-hybridized carbons (Fsp3) is 0.667. The molecule has 164 valence electrons. The molecule has 1 aromatic rings. The molecular weight excluding hydrogens is 483 g/mol. The monoisotopic (exact) mass is 518 g/mol. The van der Waals surface area contributed by atoms with E-state index in [4.69, 9.17) is 14.2 Å². The molecule has 0 saturated carbocycles. The SMILES string of the molecule is CN=C(NCCCOc1ccccc1)NCC(C1CCOC1)N1CCOCC1.I. The van der Waals surface area contributed by atoms with Gasteiger partial charge in [-0.05, 0) is 25.0 Å². The van der Waals surface area contributed by atoms with Gasteiger partial charge in [-0.1, -0.05) is 18.2 Å². The first-order valence-corrected chi connectivity index (χ1v) is 10.4. The number of halogens is 1. The summed E-state index contributed by atoms with van der Waals surface area (Å²) in [7, 11) is 1.82. The topological polar surface area (TPSA) is 67.4 Å². The first kappa shape index (κ1) is 24.2. The molecule has 0 radical (unpaired) electrons. The second kappa shape index (κ2) is 14.0. The third-order valence-corrected chi connectivity index (χ3v) is 5.35. The zero-order valence-electron chi connectivity index (χ0n) is 17.3. The quantitative estimate of drug-likeness (QED) is 0.226. The van der Waals surface area contributed by atoms with E-state index in [2.05, 4.69) is 20.5 Å². The zero-order valence-corrected chi connectivity index (χ0v) is 19.7. The molecule has 29 heavy (non-hydrogen) atoms. The summed E-state index contributed by atoms with van der Waals surface area (Å²) in [5, 5.41) is 6.90. The fourth-order valence-corrected chi connectivity index (χ4v) is 3.77. The van der Waals surface area contributed by atoms with Gasteiger partial charge in [-0.2, -0.15) is 0 Å². The van der Waals surface area contributed by atoms with Crippen LogP contribution in [0.5, 0.6) is 5.75 Å². The Morgan fingerprint density at radius 3 is 2.66 bits per heavy atom. The van der Waals surface area contributed by atoms with Gasteiger partial charge in [-0.15, -0.1) is 24.0 Å². The van der Waals surface area contributed by atoms with Crippen molar-refractivity contribution in [3.05, 3.63) is 30.3 Å². The molecule has 0 aliphatic carbocycles. The maximum atomic E-state index is 5.73. The summed E-state index contributed by atoms with van der Waals surface area (Å²) in [5.41, 5.74) is 0. The van der Waals surface area contributed by atoms with Gasteiger partial charge in [-0.25, -0.2) is 0 Å². The largest absolute Gasteiger partial charge is 0.494 e. The third-order valence-electron chi connectivity index (χ3n) is 5.35. The predicted molar refractivity (Wildman–Crippen MR) is 126 cm³/mol. The van der Waals surface area contributed by atoms with Crippen molar-refractivity contribution >= 4 is 29.9 Å². The van der Waals surface area contributed by atoms with Gasteiger partial charge >= 0.3 is 0 Å². The molecule has 0 spiro atoms. The number of ether oxygens (including phenoxy) is 3. The molecule has 2 aliphatic heterocycles. The van der Waals surface area contributed by atoms with Crippen LogP contribution in [0, 0.1) is 5.92 Å². The van der Waals surface area contributed by atoms with Gasteiger partial charge in [0, 0.05) is 51.8 Å². The number of nitrogens with zero attached hydrogens (tertiary/aromatic N) is 2. The van der Waals surface area contributed by atoms with Crippen molar-refractivity contribution < 1.29 is 14.2 Å². The van der Waals surface area contributed by atoms with Gasteiger partial charge in [0.05, 0.1) is 26.4 Å². The third kappa shape index (κ3) is 8.27. The normalized spacial score (nSPS) is 21.3. The maximum absolute atomic E-state index is 5.73. The number of rotatable bonds is 9. The lowest BCUT2D eigenvalue weighted by Crippen LogP contribution is -2.53. The lowest BCUT2D eigenvalue weighted by Gasteiger charge is -2.37. The smallest absolute Gasteiger partial charge is 0.191 e. The van der Waals surface area contributed by atoms with Crippen LogP contribution in [0.15, 0.2) is 35.3 Å². The van der Waals surface area contributed by atoms with E-state index in [1.54, 1.807) is 0 Å². The van der Waals surface area contributed by atoms with Crippen LogP contribution in [0.2, 0.25) is 0 Å². The summed E-state index contributed by atoms with van der Waals surface area (Å²) >= 11 is 0. The summed E-state index contributed by atoms with van der Waals surface area (Å²) in [6.45, 7) is 7.72. The van der Waals surface area contributed by atoms with Crippen molar-refractivity contribution in [1.29, 1.82) is 0 Å². The fourth-order valence-electron chi connectivity index (χ4n) is 3.77. The Morgan fingerprint density at radius 1 is 1.17 bits per heavy atom. The summed E-state index contributed by atoms with van der Waals surface area (Å²) in [6, 6.07) is 10.4. The van der Waals surface area contributed by atoms with Crippen molar-refractivity contribution in [1.82, 2.24) is 15.5 Å². The highest BCUT2D eigenvalue weighted by Crippen LogP contribution is 2.21. The van der Waals surface area contributed by atoms with Gasteiger partial charge < -0.3 is 24.8 Å². The summed E-state index contributed by atoms with van der Waals surface area (Å²) in [4.78, 5) is 6.91. The molecule has 1 aromatic carbocycles. The van der Waals surface area contributed by atoms with Gasteiger partial charge in [0.1, 0.15) is 5.75 Å². The highest BCUT2D eigenvalue weighted by molar-refractivity contribution is 14.0. The second-order valence-electron chi connectivity index (χ2n) is 7.23. The van der Waals surface area contributed by atoms with Crippen molar-refractivity contribution in [3.63, 3.8) is 0 Å². The minimum Gasteiger partial charge on any atom is -0.494 e. The molecule has 7 nitrogen and oxygen atoms in total. The minimum atomic E-state index is 0. The number of nitrogens with one attached hydrogen (secondary N) is 2. The molecule has 0 bridgehead atoms. The van der Waals surface area contributed by atoms with E-state index < -0.39 is 0 Å². The highest BCUT2D eigenvalue weighted by atomic mass is 127. The van der Waals surface area contributed by atoms with Gasteiger partial charge in [0.2, 0.25) is 0 Å². The van der Waals surface area contributed by atoms with Crippen molar-refractivity contribution in [2.24, 2.45) is 10.9 Å². The molecule has 2 aliphatic rings. The van der Waals surface area contributed by atoms with Crippen LogP contribution in [-0.4, -0.2) is 83.2 Å². The minimum absolute atomic E-state index is 0. The molecule has 2 saturated heterocycles. The number of guanidine groups is 1. The summed E-state index contributed by atoms with van der Waals surface area (Å²) in [6.07, 6.45) is 2.05. The Kier molecular flexibility index (Phi) is 11.7. The van der Waals surface area contributed by atoms with E-state index in [0.717, 1.165) is 77.2 Å².